The molecule has 0 unspecified atom stereocenters. The maximum absolute atomic E-state index is 3.82. The van der Waals surface area contributed by atoms with Gasteiger partial charge in [-0.2, -0.15) is 10.3 Å². The van der Waals surface area contributed by atoms with Crippen LogP contribution in [0.4, 0.5) is 11.5 Å². The highest BCUT2D eigenvalue weighted by Crippen LogP contribution is 2.05. The standard InChI is InChI=1S/C8H9N5/c1-2-4-7(5-3-1)10-11-8-6-9-13-12-8/h1-6,10H,(H2,9,11,12,13). The molecule has 0 bridgehead atoms. The summed E-state index contributed by atoms with van der Waals surface area (Å²) in [5.41, 5.74) is 6.84. The molecule has 1 heterocycles. The van der Waals surface area contributed by atoms with Gasteiger partial charge in [0, 0.05) is 0 Å². The lowest BCUT2D eigenvalue weighted by atomic mass is 10.3. The molecule has 0 atom stereocenters. The molecule has 0 saturated carbocycles. The number of rotatable bonds is 3. The molecule has 2 rings (SSSR count). The Bertz CT molecular complexity index is 342. The third kappa shape index (κ3) is 1.96. The summed E-state index contributed by atoms with van der Waals surface area (Å²) in [7, 11) is 0. The third-order valence-corrected chi connectivity index (χ3v) is 1.52. The molecule has 2 aromatic rings. The molecule has 0 amide bonds. The van der Waals surface area contributed by atoms with Crippen molar-refractivity contribution in [3.05, 3.63) is 36.5 Å². The summed E-state index contributed by atoms with van der Waals surface area (Å²) < 4.78 is 0. The van der Waals surface area contributed by atoms with Crippen LogP contribution >= 0.6 is 0 Å². The van der Waals surface area contributed by atoms with Crippen molar-refractivity contribution < 1.29 is 0 Å². The van der Waals surface area contributed by atoms with E-state index >= 15 is 0 Å². The van der Waals surface area contributed by atoms with E-state index < -0.39 is 0 Å². The fraction of sp³-hybridized carbons (Fsp3) is 0. The molecule has 0 aliphatic rings. The summed E-state index contributed by atoms with van der Waals surface area (Å²) in [6.07, 6.45) is 1.59. The molecule has 5 heteroatoms. The summed E-state index contributed by atoms with van der Waals surface area (Å²) in [4.78, 5) is 0. The van der Waals surface area contributed by atoms with Gasteiger partial charge in [-0.25, -0.2) is 0 Å². The van der Waals surface area contributed by atoms with E-state index in [2.05, 4.69) is 26.3 Å². The molecule has 5 nitrogen and oxygen atoms in total. The summed E-state index contributed by atoms with van der Waals surface area (Å²) in [5.74, 6) is 0.656. The molecular formula is C8H9N5. The van der Waals surface area contributed by atoms with Crippen molar-refractivity contribution in [1.29, 1.82) is 0 Å². The second kappa shape index (κ2) is 3.57. The predicted molar refractivity (Wildman–Crippen MR) is 50.1 cm³/mol. The lowest BCUT2D eigenvalue weighted by molar-refractivity contribution is 0.941. The van der Waals surface area contributed by atoms with Crippen LogP contribution < -0.4 is 10.9 Å². The lowest BCUT2D eigenvalue weighted by Crippen LogP contribution is -2.08. The first-order valence-corrected chi connectivity index (χ1v) is 3.88. The average molecular weight is 175 g/mol. The topological polar surface area (TPSA) is 65.6 Å². The van der Waals surface area contributed by atoms with Gasteiger partial charge in [0.2, 0.25) is 0 Å². The quantitative estimate of drug-likeness (QED) is 0.614. The third-order valence-electron chi connectivity index (χ3n) is 1.52. The number of nitrogens with zero attached hydrogens (tertiary/aromatic N) is 2. The minimum absolute atomic E-state index is 0.656. The number of aromatic amines is 1. The van der Waals surface area contributed by atoms with E-state index in [0.29, 0.717) is 5.82 Å². The molecule has 0 radical (unpaired) electrons. The van der Waals surface area contributed by atoms with Crippen LogP contribution in [0.5, 0.6) is 0 Å². The first-order valence-electron chi connectivity index (χ1n) is 3.88. The monoisotopic (exact) mass is 175 g/mol. The number of hydrazine groups is 1. The lowest BCUT2D eigenvalue weighted by Gasteiger charge is -2.04. The highest BCUT2D eigenvalue weighted by molar-refractivity contribution is 5.47. The molecule has 0 saturated heterocycles. The summed E-state index contributed by atoms with van der Waals surface area (Å²) in [6, 6.07) is 9.76. The van der Waals surface area contributed by atoms with Gasteiger partial charge < -0.3 is 0 Å². The Morgan fingerprint density at radius 2 is 1.92 bits per heavy atom. The first kappa shape index (κ1) is 7.60. The SMILES string of the molecule is c1ccc(NNc2cn[nH]n2)cc1. The van der Waals surface area contributed by atoms with Gasteiger partial charge in [0.05, 0.1) is 11.9 Å². The van der Waals surface area contributed by atoms with Crippen LogP contribution in [0.25, 0.3) is 0 Å². The number of anilines is 2. The fourth-order valence-electron chi connectivity index (χ4n) is 0.920. The average Bonchev–Trinajstić information content (AvgIpc) is 2.69. The van der Waals surface area contributed by atoms with Crippen molar-refractivity contribution in [2.24, 2.45) is 0 Å². The maximum atomic E-state index is 3.82. The van der Waals surface area contributed by atoms with Crippen molar-refractivity contribution >= 4 is 11.5 Å². The van der Waals surface area contributed by atoms with Crippen LogP contribution in [-0.4, -0.2) is 15.4 Å². The van der Waals surface area contributed by atoms with Gasteiger partial charge in [-0.1, -0.05) is 18.2 Å². The Labute approximate surface area is 75.1 Å². The van der Waals surface area contributed by atoms with E-state index in [9.17, 15) is 0 Å². The zero-order valence-corrected chi connectivity index (χ0v) is 6.86. The molecule has 1 aromatic heterocycles. The minimum Gasteiger partial charge on any atom is -0.300 e. The second-order valence-corrected chi connectivity index (χ2v) is 2.47. The molecule has 0 aliphatic carbocycles. The Balaban J connectivity index is 1.94. The van der Waals surface area contributed by atoms with Crippen molar-refractivity contribution in [3.63, 3.8) is 0 Å². The highest BCUT2D eigenvalue weighted by Gasteiger charge is 1.92. The Kier molecular flexibility index (Phi) is 2.09. The van der Waals surface area contributed by atoms with Crippen molar-refractivity contribution in [3.8, 4) is 0 Å². The second-order valence-electron chi connectivity index (χ2n) is 2.47. The van der Waals surface area contributed by atoms with Gasteiger partial charge in [-0.15, -0.1) is 5.10 Å². The zero-order chi connectivity index (χ0) is 8.93. The number of H-pyrrole nitrogens is 1. The van der Waals surface area contributed by atoms with Crippen molar-refractivity contribution in [1.82, 2.24) is 15.4 Å². The number of aromatic nitrogens is 3. The molecule has 1 aromatic carbocycles. The normalized spacial score (nSPS) is 9.54. The van der Waals surface area contributed by atoms with E-state index in [0.717, 1.165) is 5.69 Å². The zero-order valence-electron chi connectivity index (χ0n) is 6.86. The Morgan fingerprint density at radius 3 is 2.62 bits per heavy atom. The first-order chi connectivity index (χ1) is 6.45. The van der Waals surface area contributed by atoms with E-state index in [-0.39, 0.29) is 0 Å². The van der Waals surface area contributed by atoms with Crippen LogP contribution in [0.3, 0.4) is 0 Å². The molecule has 0 fully saturated rings. The highest BCUT2D eigenvalue weighted by atomic mass is 15.4. The largest absolute Gasteiger partial charge is 0.300 e. The molecule has 13 heavy (non-hydrogen) atoms. The van der Waals surface area contributed by atoms with E-state index in [1.165, 1.54) is 0 Å². The summed E-state index contributed by atoms with van der Waals surface area (Å²) in [5, 5.41) is 9.98. The number of benzene rings is 1. The number of hydrogen-bond acceptors (Lipinski definition) is 4. The molecule has 66 valence electrons. The maximum Gasteiger partial charge on any atom is 0.186 e. The molecule has 0 aliphatic heterocycles. The number of para-hydroxylation sites is 1. The molecule has 0 spiro atoms. The summed E-state index contributed by atoms with van der Waals surface area (Å²) in [6.45, 7) is 0. The summed E-state index contributed by atoms with van der Waals surface area (Å²) >= 11 is 0. The molecule has 3 N–H and O–H groups in total. The van der Waals surface area contributed by atoms with Gasteiger partial charge in [-0.3, -0.25) is 10.9 Å². The smallest absolute Gasteiger partial charge is 0.186 e. The number of hydrogen-bond donors (Lipinski definition) is 3. The van der Waals surface area contributed by atoms with Crippen LogP contribution in [0, 0.1) is 0 Å². The Morgan fingerprint density at radius 1 is 1.08 bits per heavy atom. The van der Waals surface area contributed by atoms with Gasteiger partial charge in [0.25, 0.3) is 0 Å². The Hall–Kier alpha value is -2.04. The van der Waals surface area contributed by atoms with E-state index in [4.69, 9.17) is 0 Å². The van der Waals surface area contributed by atoms with Crippen LogP contribution in [0.1, 0.15) is 0 Å². The van der Waals surface area contributed by atoms with Crippen molar-refractivity contribution in [2.75, 3.05) is 10.9 Å². The van der Waals surface area contributed by atoms with Gasteiger partial charge in [-0.05, 0) is 12.1 Å². The van der Waals surface area contributed by atoms with Gasteiger partial charge in [0.15, 0.2) is 5.82 Å². The fourth-order valence-corrected chi connectivity index (χ4v) is 0.920. The van der Waals surface area contributed by atoms with E-state index in [1.54, 1.807) is 6.20 Å². The molecular weight excluding hydrogens is 166 g/mol. The van der Waals surface area contributed by atoms with Crippen molar-refractivity contribution in [2.45, 2.75) is 0 Å². The van der Waals surface area contributed by atoms with Crippen LogP contribution in [0.15, 0.2) is 36.5 Å². The van der Waals surface area contributed by atoms with Gasteiger partial charge in [0.1, 0.15) is 0 Å². The predicted octanol–water partition coefficient (Wildman–Crippen LogP) is 1.24. The van der Waals surface area contributed by atoms with Crippen LogP contribution in [-0.2, 0) is 0 Å². The van der Waals surface area contributed by atoms with Gasteiger partial charge >= 0.3 is 0 Å². The van der Waals surface area contributed by atoms with Crippen LogP contribution in [0.2, 0.25) is 0 Å². The number of nitrogens with one attached hydrogen (secondary N) is 3. The minimum atomic E-state index is 0.656. The van der Waals surface area contributed by atoms with E-state index in [1.807, 2.05) is 30.3 Å².